The molecule has 0 saturated carbocycles. The van der Waals surface area contributed by atoms with Gasteiger partial charge >= 0.3 is 0 Å². The molecule has 0 aliphatic rings. The minimum Gasteiger partial charge on any atom is -0.398 e. The van der Waals surface area contributed by atoms with Gasteiger partial charge in [0.2, 0.25) is 0 Å². The van der Waals surface area contributed by atoms with Crippen molar-refractivity contribution in [3.05, 3.63) is 28.2 Å². The molecule has 2 aromatic rings. The third-order valence-corrected chi connectivity index (χ3v) is 2.92. The van der Waals surface area contributed by atoms with Crippen LogP contribution in [-0.4, -0.2) is 11.1 Å². The lowest BCUT2D eigenvalue weighted by molar-refractivity contribution is 0.102. The van der Waals surface area contributed by atoms with E-state index in [2.05, 4.69) is 15.0 Å². The molecule has 15 heavy (non-hydrogen) atoms. The van der Waals surface area contributed by atoms with E-state index >= 15 is 0 Å². The molecule has 2 rings (SSSR count). The highest BCUT2D eigenvalue weighted by Crippen LogP contribution is 2.23. The zero-order chi connectivity index (χ0) is 10.8. The number of carbonyl (C=O) groups excluding carboxylic acids is 1. The van der Waals surface area contributed by atoms with E-state index in [1.807, 2.05) is 6.92 Å². The first kappa shape index (κ1) is 9.72. The first-order chi connectivity index (χ1) is 7.16. The normalized spacial score (nSPS) is 10.2. The molecule has 78 valence electrons. The van der Waals surface area contributed by atoms with Gasteiger partial charge < -0.3 is 15.6 Å². The number of anilines is 2. The molecule has 0 aliphatic carbocycles. The Bertz CT molecular complexity index is 456. The fraction of sp³-hybridized carbons (Fsp3) is 0.111. The third kappa shape index (κ3) is 1.99. The van der Waals surface area contributed by atoms with E-state index in [0.717, 1.165) is 4.88 Å². The SMILES string of the molecule is Cc1sc(C(=O)Nc2ccon2)cc1N. The number of aromatic nitrogens is 1. The Balaban J connectivity index is 2.15. The highest BCUT2D eigenvalue weighted by molar-refractivity contribution is 7.14. The molecule has 2 aromatic heterocycles. The topological polar surface area (TPSA) is 81.2 Å². The van der Waals surface area contributed by atoms with Gasteiger partial charge in [0, 0.05) is 16.6 Å². The summed E-state index contributed by atoms with van der Waals surface area (Å²) < 4.78 is 4.59. The van der Waals surface area contributed by atoms with Crippen molar-refractivity contribution in [2.75, 3.05) is 11.1 Å². The van der Waals surface area contributed by atoms with Crippen molar-refractivity contribution in [1.29, 1.82) is 0 Å². The fourth-order valence-electron chi connectivity index (χ4n) is 1.06. The number of nitrogen functional groups attached to an aromatic ring is 1. The smallest absolute Gasteiger partial charge is 0.267 e. The highest BCUT2D eigenvalue weighted by atomic mass is 32.1. The molecular weight excluding hydrogens is 214 g/mol. The van der Waals surface area contributed by atoms with Crippen molar-refractivity contribution in [3.8, 4) is 0 Å². The zero-order valence-electron chi connectivity index (χ0n) is 7.98. The molecule has 0 atom stereocenters. The Morgan fingerprint density at radius 2 is 2.47 bits per heavy atom. The van der Waals surface area contributed by atoms with Crippen LogP contribution in [0.1, 0.15) is 14.5 Å². The second kappa shape index (κ2) is 3.74. The van der Waals surface area contributed by atoms with Crippen LogP contribution in [0.25, 0.3) is 0 Å². The van der Waals surface area contributed by atoms with Gasteiger partial charge in [-0.2, -0.15) is 0 Å². The highest BCUT2D eigenvalue weighted by Gasteiger charge is 2.11. The summed E-state index contributed by atoms with van der Waals surface area (Å²) in [6, 6.07) is 3.22. The second-order valence-electron chi connectivity index (χ2n) is 2.96. The number of nitrogens with zero attached hydrogens (tertiary/aromatic N) is 1. The quantitative estimate of drug-likeness (QED) is 0.814. The lowest BCUT2D eigenvalue weighted by Crippen LogP contribution is -2.10. The lowest BCUT2D eigenvalue weighted by Gasteiger charge is -1.96. The number of hydrogen-bond acceptors (Lipinski definition) is 5. The van der Waals surface area contributed by atoms with Crippen LogP contribution in [0.2, 0.25) is 0 Å². The third-order valence-electron chi connectivity index (χ3n) is 1.86. The largest absolute Gasteiger partial charge is 0.398 e. The minimum atomic E-state index is -0.228. The summed E-state index contributed by atoms with van der Waals surface area (Å²) in [6.45, 7) is 1.87. The van der Waals surface area contributed by atoms with E-state index in [0.29, 0.717) is 16.4 Å². The average molecular weight is 223 g/mol. The Labute approximate surface area is 89.9 Å². The maximum absolute atomic E-state index is 11.6. The van der Waals surface area contributed by atoms with Crippen LogP contribution >= 0.6 is 11.3 Å². The molecule has 0 aromatic carbocycles. The number of nitrogens with one attached hydrogen (secondary N) is 1. The van der Waals surface area contributed by atoms with E-state index in [1.165, 1.54) is 17.6 Å². The van der Waals surface area contributed by atoms with Crippen molar-refractivity contribution in [2.45, 2.75) is 6.92 Å². The van der Waals surface area contributed by atoms with Gasteiger partial charge in [-0.05, 0) is 13.0 Å². The minimum absolute atomic E-state index is 0.228. The van der Waals surface area contributed by atoms with E-state index < -0.39 is 0 Å². The Kier molecular flexibility index (Phi) is 2.42. The van der Waals surface area contributed by atoms with E-state index in [9.17, 15) is 4.79 Å². The number of carbonyl (C=O) groups is 1. The van der Waals surface area contributed by atoms with Crippen LogP contribution in [0, 0.1) is 6.92 Å². The summed E-state index contributed by atoms with van der Waals surface area (Å²) in [5.41, 5.74) is 6.28. The van der Waals surface area contributed by atoms with Crippen molar-refractivity contribution in [2.24, 2.45) is 0 Å². The maximum Gasteiger partial charge on any atom is 0.267 e. The zero-order valence-corrected chi connectivity index (χ0v) is 8.80. The molecule has 0 saturated heterocycles. The monoisotopic (exact) mass is 223 g/mol. The van der Waals surface area contributed by atoms with Crippen molar-refractivity contribution in [1.82, 2.24) is 5.16 Å². The molecule has 0 unspecified atom stereocenters. The number of hydrogen-bond donors (Lipinski definition) is 2. The molecule has 0 radical (unpaired) electrons. The molecular formula is C9H9N3O2S. The summed E-state index contributed by atoms with van der Waals surface area (Å²) in [5.74, 6) is 0.165. The number of rotatable bonds is 2. The molecule has 0 aliphatic heterocycles. The summed E-state index contributed by atoms with van der Waals surface area (Å²) in [6.07, 6.45) is 1.39. The summed E-state index contributed by atoms with van der Waals surface area (Å²) >= 11 is 1.35. The second-order valence-corrected chi connectivity index (χ2v) is 4.22. The van der Waals surface area contributed by atoms with Crippen LogP contribution in [-0.2, 0) is 0 Å². The van der Waals surface area contributed by atoms with E-state index in [1.54, 1.807) is 12.1 Å². The van der Waals surface area contributed by atoms with Gasteiger partial charge in [0.25, 0.3) is 5.91 Å². The van der Waals surface area contributed by atoms with Gasteiger partial charge in [-0.25, -0.2) is 0 Å². The van der Waals surface area contributed by atoms with Gasteiger partial charge in [-0.1, -0.05) is 5.16 Å². The molecule has 1 amide bonds. The molecule has 6 heteroatoms. The molecule has 5 nitrogen and oxygen atoms in total. The van der Waals surface area contributed by atoms with Crippen LogP contribution in [0.5, 0.6) is 0 Å². The summed E-state index contributed by atoms with van der Waals surface area (Å²) in [7, 11) is 0. The van der Waals surface area contributed by atoms with Gasteiger partial charge in [0.1, 0.15) is 6.26 Å². The molecule has 0 fully saturated rings. The predicted molar refractivity (Wildman–Crippen MR) is 57.9 cm³/mol. The molecule has 0 bridgehead atoms. The summed E-state index contributed by atoms with van der Waals surface area (Å²) in [4.78, 5) is 13.1. The van der Waals surface area contributed by atoms with Crippen molar-refractivity contribution >= 4 is 28.7 Å². The van der Waals surface area contributed by atoms with Crippen molar-refractivity contribution < 1.29 is 9.32 Å². The van der Waals surface area contributed by atoms with Crippen LogP contribution in [0.4, 0.5) is 11.5 Å². The number of aryl methyl sites for hydroxylation is 1. The van der Waals surface area contributed by atoms with Crippen molar-refractivity contribution in [3.63, 3.8) is 0 Å². The van der Waals surface area contributed by atoms with E-state index in [-0.39, 0.29) is 5.91 Å². The first-order valence-corrected chi connectivity index (χ1v) is 5.06. The predicted octanol–water partition coefficient (Wildman–Crippen LogP) is 1.88. The summed E-state index contributed by atoms with van der Waals surface area (Å²) in [5, 5.41) is 6.17. The van der Waals surface area contributed by atoms with Gasteiger partial charge in [0.05, 0.1) is 4.88 Å². The number of nitrogens with two attached hydrogens (primary N) is 1. The fourth-order valence-corrected chi connectivity index (χ4v) is 1.90. The van der Waals surface area contributed by atoms with E-state index in [4.69, 9.17) is 5.73 Å². The number of thiophene rings is 1. The average Bonchev–Trinajstić information content (AvgIpc) is 2.78. The van der Waals surface area contributed by atoms with Gasteiger partial charge in [-0.3, -0.25) is 4.79 Å². The Morgan fingerprint density at radius 3 is 3.00 bits per heavy atom. The van der Waals surface area contributed by atoms with Gasteiger partial charge in [0.15, 0.2) is 5.82 Å². The number of amides is 1. The first-order valence-electron chi connectivity index (χ1n) is 4.24. The van der Waals surface area contributed by atoms with Gasteiger partial charge in [-0.15, -0.1) is 11.3 Å². The molecule has 2 heterocycles. The van der Waals surface area contributed by atoms with Crippen LogP contribution in [0.15, 0.2) is 22.9 Å². The van der Waals surface area contributed by atoms with Crippen LogP contribution in [0.3, 0.4) is 0 Å². The Hall–Kier alpha value is -1.82. The van der Waals surface area contributed by atoms with Crippen LogP contribution < -0.4 is 11.1 Å². The maximum atomic E-state index is 11.6. The lowest BCUT2D eigenvalue weighted by atomic mass is 10.3. The molecule has 0 spiro atoms. The molecule has 3 N–H and O–H groups in total. The Morgan fingerprint density at radius 1 is 1.67 bits per heavy atom. The standard InChI is InChI=1S/C9H9N3O2S/c1-5-6(10)4-7(15-5)9(13)11-8-2-3-14-12-8/h2-4H,10H2,1H3,(H,11,12,13).